The van der Waals surface area contributed by atoms with Gasteiger partial charge in [0, 0.05) is 18.7 Å². The summed E-state index contributed by atoms with van der Waals surface area (Å²) in [4.78, 5) is 40.4. The van der Waals surface area contributed by atoms with E-state index in [1.807, 2.05) is 20.1 Å². The van der Waals surface area contributed by atoms with Gasteiger partial charge in [0.25, 0.3) is 0 Å². The summed E-state index contributed by atoms with van der Waals surface area (Å²) >= 11 is 1.54. The van der Waals surface area contributed by atoms with Crippen LogP contribution in [0.5, 0.6) is 5.75 Å². The van der Waals surface area contributed by atoms with Crippen LogP contribution in [0.15, 0.2) is 24.3 Å². The third-order valence-electron chi connectivity index (χ3n) is 4.92. The summed E-state index contributed by atoms with van der Waals surface area (Å²) < 4.78 is 5.32. The number of nitrogens with one attached hydrogen (secondary N) is 2. The molecule has 8 nitrogen and oxygen atoms in total. The van der Waals surface area contributed by atoms with E-state index in [1.165, 1.54) is 18.0 Å². The van der Waals surface area contributed by atoms with Gasteiger partial charge in [-0.15, -0.1) is 0 Å². The topological polar surface area (TPSA) is 108 Å². The highest BCUT2D eigenvalue weighted by Gasteiger charge is 2.35. The maximum Gasteiger partial charge on any atom is 0.408 e. The molecule has 0 spiro atoms. The van der Waals surface area contributed by atoms with E-state index in [2.05, 4.69) is 10.6 Å². The van der Waals surface area contributed by atoms with Crippen LogP contribution < -0.4 is 10.6 Å². The lowest BCUT2D eigenvalue weighted by Gasteiger charge is -2.32. The molecule has 186 valence electrons. The zero-order chi connectivity index (χ0) is 25.2. The molecular formula is C24H39N3O5S. The highest BCUT2D eigenvalue weighted by molar-refractivity contribution is 7.98. The highest BCUT2D eigenvalue weighted by Crippen LogP contribution is 2.29. The van der Waals surface area contributed by atoms with Crippen molar-refractivity contribution in [3.63, 3.8) is 0 Å². The zero-order valence-corrected chi connectivity index (χ0v) is 21.6. The van der Waals surface area contributed by atoms with E-state index in [0.29, 0.717) is 17.7 Å². The smallest absolute Gasteiger partial charge is 0.408 e. The molecule has 0 aliphatic heterocycles. The molecule has 0 aromatic heterocycles. The Morgan fingerprint density at radius 3 is 2.33 bits per heavy atom. The first-order valence-corrected chi connectivity index (χ1v) is 12.6. The number of para-hydroxylation sites is 1. The van der Waals surface area contributed by atoms with Gasteiger partial charge >= 0.3 is 6.09 Å². The normalized spacial score (nSPS) is 14.0. The minimum atomic E-state index is -1.06. The average Bonchev–Trinajstić information content (AvgIpc) is 2.70. The standard InChI is InChI=1S/C24H39N3O5S/c1-8-11-16(2)25-21(29)20(17-12-9-10-13-19(17)28)27(6)22(30)18(14-15-33-7)26-23(31)32-24(3,4)5/h9-10,12-13,16,18,20,28H,8,11,14-15H2,1-7H3,(H,25,29)(H,26,31). The monoisotopic (exact) mass is 481 g/mol. The molecule has 0 bridgehead atoms. The minimum Gasteiger partial charge on any atom is -0.508 e. The number of thioether (sulfide) groups is 1. The average molecular weight is 482 g/mol. The van der Waals surface area contributed by atoms with Crippen molar-refractivity contribution in [3.8, 4) is 5.75 Å². The number of carbonyl (C=O) groups is 3. The van der Waals surface area contributed by atoms with Gasteiger partial charge in [0.2, 0.25) is 11.8 Å². The summed E-state index contributed by atoms with van der Waals surface area (Å²) in [5.74, 6) is -0.294. The number of hydrogen-bond donors (Lipinski definition) is 3. The number of rotatable bonds is 11. The van der Waals surface area contributed by atoms with Gasteiger partial charge in [0.1, 0.15) is 23.4 Å². The van der Waals surface area contributed by atoms with Crippen molar-refractivity contribution >= 4 is 29.7 Å². The number of alkyl carbamates (subject to hydrolysis) is 1. The molecule has 1 aromatic rings. The summed E-state index contributed by atoms with van der Waals surface area (Å²) in [6, 6.07) is 4.42. The quantitative estimate of drug-likeness (QED) is 0.443. The molecule has 0 aliphatic carbocycles. The number of nitrogens with zero attached hydrogens (tertiary/aromatic N) is 1. The van der Waals surface area contributed by atoms with Crippen LogP contribution in [0.1, 0.15) is 65.5 Å². The number of hydrogen-bond acceptors (Lipinski definition) is 6. The Hall–Kier alpha value is -2.42. The Bertz CT molecular complexity index is 797. The molecule has 0 saturated carbocycles. The molecule has 1 aromatic carbocycles. The Kier molecular flexibility index (Phi) is 11.6. The second kappa shape index (κ2) is 13.3. The molecular weight excluding hydrogens is 442 g/mol. The molecule has 0 saturated heterocycles. The van der Waals surface area contributed by atoms with Crippen molar-refractivity contribution < 1.29 is 24.2 Å². The molecule has 3 N–H and O–H groups in total. The van der Waals surface area contributed by atoms with Gasteiger partial charge in [0.05, 0.1) is 0 Å². The van der Waals surface area contributed by atoms with Crippen molar-refractivity contribution in [2.45, 2.75) is 77.6 Å². The Balaban J connectivity index is 3.23. The number of phenols is 1. The molecule has 0 aliphatic rings. The van der Waals surface area contributed by atoms with Gasteiger partial charge in [-0.2, -0.15) is 11.8 Å². The molecule has 1 rings (SSSR count). The van der Waals surface area contributed by atoms with E-state index in [9.17, 15) is 19.5 Å². The maximum absolute atomic E-state index is 13.5. The molecule has 3 atom stereocenters. The lowest BCUT2D eigenvalue weighted by Crippen LogP contribution is -2.52. The number of carbonyl (C=O) groups excluding carboxylic acids is 3. The van der Waals surface area contributed by atoms with E-state index in [-0.39, 0.29) is 11.8 Å². The first kappa shape index (κ1) is 28.6. The largest absolute Gasteiger partial charge is 0.508 e. The lowest BCUT2D eigenvalue weighted by atomic mass is 10.0. The number of benzene rings is 1. The number of likely N-dealkylation sites (N-methyl/N-ethyl adjacent to an activating group) is 1. The summed E-state index contributed by atoms with van der Waals surface area (Å²) in [5, 5.41) is 16.0. The van der Waals surface area contributed by atoms with E-state index < -0.39 is 35.6 Å². The van der Waals surface area contributed by atoms with Crippen LogP contribution in [-0.4, -0.2) is 64.7 Å². The molecule has 0 radical (unpaired) electrons. The number of aromatic hydroxyl groups is 1. The van der Waals surface area contributed by atoms with Crippen molar-refractivity contribution in [2.24, 2.45) is 0 Å². The summed E-state index contributed by atoms with van der Waals surface area (Å²) in [7, 11) is 1.51. The van der Waals surface area contributed by atoms with Crippen molar-refractivity contribution in [3.05, 3.63) is 29.8 Å². The van der Waals surface area contributed by atoms with Crippen LogP contribution in [0.3, 0.4) is 0 Å². The third-order valence-corrected chi connectivity index (χ3v) is 5.57. The Morgan fingerprint density at radius 2 is 1.79 bits per heavy atom. The molecule has 3 amide bonds. The molecule has 9 heteroatoms. The predicted molar refractivity (Wildman–Crippen MR) is 132 cm³/mol. The Morgan fingerprint density at radius 1 is 1.15 bits per heavy atom. The number of phenolic OH excluding ortho intramolecular Hbond substituents is 1. The number of amides is 3. The van der Waals surface area contributed by atoms with Crippen molar-refractivity contribution in [1.82, 2.24) is 15.5 Å². The van der Waals surface area contributed by atoms with E-state index in [0.717, 1.165) is 12.8 Å². The summed E-state index contributed by atoms with van der Waals surface area (Å²) in [6.45, 7) is 9.16. The molecule has 3 unspecified atom stereocenters. The molecule has 0 heterocycles. The van der Waals surface area contributed by atoms with Crippen LogP contribution in [0, 0.1) is 0 Å². The summed E-state index contributed by atoms with van der Waals surface area (Å²) in [6.07, 6.45) is 3.26. The first-order chi connectivity index (χ1) is 15.4. The van der Waals surface area contributed by atoms with Crippen LogP contribution in [0.25, 0.3) is 0 Å². The second-order valence-corrected chi connectivity index (χ2v) is 10.1. The van der Waals surface area contributed by atoms with E-state index in [1.54, 1.807) is 50.7 Å². The fraction of sp³-hybridized carbons (Fsp3) is 0.625. The van der Waals surface area contributed by atoms with Gasteiger partial charge in [-0.3, -0.25) is 9.59 Å². The predicted octanol–water partition coefficient (Wildman–Crippen LogP) is 3.84. The van der Waals surface area contributed by atoms with Crippen LogP contribution in [0.4, 0.5) is 4.79 Å². The maximum atomic E-state index is 13.5. The molecule has 33 heavy (non-hydrogen) atoms. The van der Waals surface area contributed by atoms with Crippen LogP contribution >= 0.6 is 11.8 Å². The molecule has 0 fully saturated rings. The number of ether oxygens (including phenoxy) is 1. The van der Waals surface area contributed by atoms with Crippen LogP contribution in [0.2, 0.25) is 0 Å². The van der Waals surface area contributed by atoms with Gasteiger partial charge in [-0.05, 0) is 58.6 Å². The third kappa shape index (κ3) is 9.53. The summed E-state index contributed by atoms with van der Waals surface area (Å²) in [5.41, 5.74) is -0.396. The van der Waals surface area contributed by atoms with Gasteiger partial charge < -0.3 is 25.4 Å². The Labute approximate surface area is 201 Å². The fourth-order valence-corrected chi connectivity index (χ4v) is 3.86. The lowest BCUT2D eigenvalue weighted by molar-refractivity contribution is -0.141. The zero-order valence-electron chi connectivity index (χ0n) is 20.8. The highest BCUT2D eigenvalue weighted by atomic mass is 32.2. The minimum absolute atomic E-state index is 0.0822. The van der Waals surface area contributed by atoms with E-state index >= 15 is 0 Å². The van der Waals surface area contributed by atoms with E-state index in [4.69, 9.17) is 4.74 Å². The van der Waals surface area contributed by atoms with Crippen molar-refractivity contribution in [2.75, 3.05) is 19.1 Å². The van der Waals surface area contributed by atoms with Crippen molar-refractivity contribution in [1.29, 1.82) is 0 Å². The van der Waals surface area contributed by atoms with Gasteiger partial charge in [0.15, 0.2) is 0 Å². The first-order valence-electron chi connectivity index (χ1n) is 11.2. The van der Waals surface area contributed by atoms with Crippen LogP contribution in [-0.2, 0) is 14.3 Å². The second-order valence-electron chi connectivity index (χ2n) is 9.09. The SMILES string of the molecule is CCCC(C)NC(=O)C(c1ccccc1O)N(C)C(=O)C(CCSC)NC(=O)OC(C)(C)C. The van der Waals surface area contributed by atoms with Gasteiger partial charge in [-0.25, -0.2) is 4.79 Å². The van der Waals surface area contributed by atoms with Gasteiger partial charge in [-0.1, -0.05) is 31.5 Å². The fourth-order valence-electron chi connectivity index (χ4n) is 3.39.